The number of likely N-dealkylation sites (tertiary alicyclic amines) is 1. The number of hydrogen-bond donors (Lipinski definition) is 2. The number of likely N-dealkylation sites (N-methyl/N-ethyl adjacent to an activating group) is 1. The Labute approximate surface area is 103 Å². The highest BCUT2D eigenvalue weighted by Crippen LogP contribution is 2.17. The SMILES string of the molecule is CCN1CCCC(Nc2ccnc(NC)c2)C1. The van der Waals surface area contributed by atoms with Gasteiger partial charge in [-0.05, 0) is 32.0 Å². The lowest BCUT2D eigenvalue weighted by Crippen LogP contribution is -2.41. The van der Waals surface area contributed by atoms with Crippen LogP contribution in [0, 0.1) is 0 Å². The van der Waals surface area contributed by atoms with E-state index in [0.29, 0.717) is 6.04 Å². The zero-order chi connectivity index (χ0) is 12.1. The van der Waals surface area contributed by atoms with Crippen molar-refractivity contribution in [3.8, 4) is 0 Å². The van der Waals surface area contributed by atoms with Crippen molar-refractivity contribution < 1.29 is 0 Å². The number of nitrogens with one attached hydrogen (secondary N) is 2. The van der Waals surface area contributed by atoms with Gasteiger partial charge in [-0.1, -0.05) is 6.92 Å². The number of pyridine rings is 1. The van der Waals surface area contributed by atoms with Crippen LogP contribution in [0.15, 0.2) is 18.3 Å². The molecule has 1 aromatic rings. The summed E-state index contributed by atoms with van der Waals surface area (Å²) in [6.45, 7) is 5.77. The van der Waals surface area contributed by atoms with E-state index in [9.17, 15) is 0 Å². The monoisotopic (exact) mass is 234 g/mol. The Morgan fingerprint density at radius 1 is 1.53 bits per heavy atom. The van der Waals surface area contributed by atoms with Gasteiger partial charge >= 0.3 is 0 Å². The van der Waals surface area contributed by atoms with E-state index >= 15 is 0 Å². The molecule has 1 aliphatic rings. The van der Waals surface area contributed by atoms with Crippen LogP contribution < -0.4 is 10.6 Å². The number of aromatic nitrogens is 1. The second kappa shape index (κ2) is 5.87. The molecule has 4 heteroatoms. The van der Waals surface area contributed by atoms with Gasteiger partial charge in [0, 0.05) is 37.6 Å². The summed E-state index contributed by atoms with van der Waals surface area (Å²) in [5.74, 6) is 0.915. The van der Waals surface area contributed by atoms with Gasteiger partial charge in [0.1, 0.15) is 5.82 Å². The van der Waals surface area contributed by atoms with Gasteiger partial charge in [-0.2, -0.15) is 0 Å². The molecule has 2 N–H and O–H groups in total. The minimum Gasteiger partial charge on any atom is -0.381 e. The van der Waals surface area contributed by atoms with Gasteiger partial charge in [0.15, 0.2) is 0 Å². The first-order chi connectivity index (χ1) is 8.31. The molecule has 0 bridgehead atoms. The first kappa shape index (κ1) is 12.2. The highest BCUT2D eigenvalue weighted by atomic mass is 15.2. The fourth-order valence-corrected chi connectivity index (χ4v) is 2.35. The van der Waals surface area contributed by atoms with E-state index < -0.39 is 0 Å². The van der Waals surface area contributed by atoms with Crippen molar-refractivity contribution in [2.75, 3.05) is 37.3 Å². The molecule has 17 heavy (non-hydrogen) atoms. The van der Waals surface area contributed by atoms with E-state index in [1.807, 2.05) is 19.3 Å². The van der Waals surface area contributed by atoms with Crippen molar-refractivity contribution in [1.29, 1.82) is 0 Å². The predicted molar refractivity (Wildman–Crippen MR) is 72.5 cm³/mol. The van der Waals surface area contributed by atoms with Gasteiger partial charge in [0.25, 0.3) is 0 Å². The minimum absolute atomic E-state index is 0.566. The summed E-state index contributed by atoms with van der Waals surface area (Å²) in [5.41, 5.74) is 1.16. The molecule has 0 aliphatic carbocycles. The van der Waals surface area contributed by atoms with Crippen LogP contribution in [-0.2, 0) is 0 Å². The van der Waals surface area contributed by atoms with Gasteiger partial charge in [-0.15, -0.1) is 0 Å². The summed E-state index contributed by atoms with van der Waals surface area (Å²) in [7, 11) is 1.89. The lowest BCUT2D eigenvalue weighted by molar-refractivity contribution is 0.227. The fourth-order valence-electron chi connectivity index (χ4n) is 2.35. The van der Waals surface area contributed by atoms with E-state index in [4.69, 9.17) is 0 Å². The van der Waals surface area contributed by atoms with Crippen LogP contribution in [0.1, 0.15) is 19.8 Å². The molecule has 1 fully saturated rings. The third-order valence-corrected chi connectivity index (χ3v) is 3.34. The van der Waals surface area contributed by atoms with E-state index in [1.165, 1.54) is 19.4 Å². The first-order valence-corrected chi connectivity index (χ1v) is 6.44. The Morgan fingerprint density at radius 2 is 2.41 bits per heavy atom. The van der Waals surface area contributed by atoms with Gasteiger partial charge in [0.2, 0.25) is 0 Å². The molecule has 1 atom stereocenters. The van der Waals surface area contributed by atoms with Crippen molar-refractivity contribution in [1.82, 2.24) is 9.88 Å². The number of rotatable bonds is 4. The quantitative estimate of drug-likeness (QED) is 0.836. The van der Waals surface area contributed by atoms with E-state index in [2.05, 4.69) is 33.5 Å². The maximum Gasteiger partial charge on any atom is 0.127 e. The average molecular weight is 234 g/mol. The second-order valence-electron chi connectivity index (χ2n) is 4.56. The van der Waals surface area contributed by atoms with Crippen molar-refractivity contribution in [2.45, 2.75) is 25.8 Å². The standard InChI is InChI=1S/C13H22N4/c1-3-17-8-4-5-12(10-17)16-11-6-7-15-13(9-11)14-2/h6-7,9,12H,3-5,8,10H2,1-2H3,(H2,14,15,16). The smallest absolute Gasteiger partial charge is 0.127 e. The molecule has 0 saturated carbocycles. The van der Waals surface area contributed by atoms with Gasteiger partial charge < -0.3 is 15.5 Å². The maximum absolute atomic E-state index is 4.22. The summed E-state index contributed by atoms with van der Waals surface area (Å²) in [4.78, 5) is 6.72. The minimum atomic E-state index is 0.566. The van der Waals surface area contributed by atoms with Crippen LogP contribution in [0.4, 0.5) is 11.5 Å². The fraction of sp³-hybridized carbons (Fsp3) is 0.615. The van der Waals surface area contributed by atoms with E-state index in [-0.39, 0.29) is 0 Å². The average Bonchev–Trinajstić information content (AvgIpc) is 2.39. The molecule has 2 heterocycles. The number of hydrogen-bond acceptors (Lipinski definition) is 4. The van der Waals surface area contributed by atoms with Crippen molar-refractivity contribution in [3.05, 3.63) is 18.3 Å². The van der Waals surface area contributed by atoms with Crippen molar-refractivity contribution in [3.63, 3.8) is 0 Å². The van der Waals surface area contributed by atoms with E-state index in [1.54, 1.807) is 0 Å². The first-order valence-electron chi connectivity index (χ1n) is 6.44. The number of piperidine rings is 1. The second-order valence-corrected chi connectivity index (χ2v) is 4.56. The van der Waals surface area contributed by atoms with Gasteiger partial charge in [-0.25, -0.2) is 4.98 Å². The van der Waals surface area contributed by atoms with Crippen LogP contribution in [0.2, 0.25) is 0 Å². The topological polar surface area (TPSA) is 40.2 Å². The van der Waals surface area contributed by atoms with E-state index in [0.717, 1.165) is 24.6 Å². The zero-order valence-electron chi connectivity index (χ0n) is 10.7. The lowest BCUT2D eigenvalue weighted by atomic mass is 10.1. The number of nitrogens with zero attached hydrogens (tertiary/aromatic N) is 2. The summed E-state index contributed by atoms with van der Waals surface area (Å²) in [5, 5.41) is 6.66. The van der Waals surface area contributed by atoms with Gasteiger partial charge in [-0.3, -0.25) is 0 Å². The highest BCUT2D eigenvalue weighted by Gasteiger charge is 2.18. The Balaban J connectivity index is 1.95. The molecule has 0 radical (unpaired) electrons. The van der Waals surface area contributed by atoms with Crippen LogP contribution in [0.25, 0.3) is 0 Å². The normalized spacial score (nSPS) is 21.2. The molecule has 0 spiro atoms. The summed E-state index contributed by atoms with van der Waals surface area (Å²) in [6.07, 6.45) is 4.39. The highest BCUT2D eigenvalue weighted by molar-refractivity contribution is 5.52. The Morgan fingerprint density at radius 3 is 3.18 bits per heavy atom. The van der Waals surface area contributed by atoms with Crippen molar-refractivity contribution >= 4 is 11.5 Å². The Hall–Kier alpha value is -1.29. The lowest BCUT2D eigenvalue weighted by Gasteiger charge is -2.32. The molecule has 4 nitrogen and oxygen atoms in total. The largest absolute Gasteiger partial charge is 0.381 e. The molecule has 1 aromatic heterocycles. The molecular formula is C13H22N4. The van der Waals surface area contributed by atoms with Crippen LogP contribution in [0.5, 0.6) is 0 Å². The Bertz CT molecular complexity index is 353. The van der Waals surface area contributed by atoms with Gasteiger partial charge in [0.05, 0.1) is 0 Å². The zero-order valence-corrected chi connectivity index (χ0v) is 10.7. The summed E-state index contributed by atoms with van der Waals surface area (Å²) < 4.78 is 0. The molecule has 1 aliphatic heterocycles. The summed E-state index contributed by atoms with van der Waals surface area (Å²) >= 11 is 0. The Kier molecular flexibility index (Phi) is 4.20. The molecule has 0 amide bonds. The molecule has 2 rings (SSSR count). The molecule has 94 valence electrons. The summed E-state index contributed by atoms with van der Waals surface area (Å²) in [6, 6.07) is 4.66. The maximum atomic E-state index is 4.22. The molecule has 1 saturated heterocycles. The molecule has 1 unspecified atom stereocenters. The van der Waals surface area contributed by atoms with Crippen LogP contribution >= 0.6 is 0 Å². The third-order valence-electron chi connectivity index (χ3n) is 3.34. The van der Waals surface area contributed by atoms with Crippen LogP contribution in [0.3, 0.4) is 0 Å². The predicted octanol–water partition coefficient (Wildman–Crippen LogP) is 2.02. The third kappa shape index (κ3) is 3.33. The number of anilines is 2. The van der Waals surface area contributed by atoms with Crippen molar-refractivity contribution in [2.24, 2.45) is 0 Å². The van der Waals surface area contributed by atoms with Crippen LogP contribution in [-0.4, -0.2) is 42.6 Å². The molecular weight excluding hydrogens is 212 g/mol. The molecule has 0 aromatic carbocycles.